The summed E-state index contributed by atoms with van der Waals surface area (Å²) in [6, 6.07) is 0. The van der Waals surface area contributed by atoms with Crippen LogP contribution in [0.5, 0.6) is 0 Å². The zero-order valence-corrected chi connectivity index (χ0v) is 12.1. The van der Waals surface area contributed by atoms with E-state index < -0.39 is 0 Å². The van der Waals surface area contributed by atoms with E-state index >= 15 is 0 Å². The van der Waals surface area contributed by atoms with Crippen LogP contribution in [-0.2, 0) is 6.54 Å². The third-order valence-electron chi connectivity index (χ3n) is 3.02. The molecule has 1 aliphatic rings. The first-order valence-corrected chi connectivity index (χ1v) is 7.69. The van der Waals surface area contributed by atoms with Crippen LogP contribution >= 0.6 is 23.4 Å². The van der Waals surface area contributed by atoms with Crippen LogP contribution in [0, 0.1) is 12.3 Å². The third-order valence-corrected chi connectivity index (χ3v) is 4.70. The molecule has 1 saturated heterocycles. The van der Waals surface area contributed by atoms with Crippen LogP contribution in [-0.4, -0.2) is 27.3 Å². The van der Waals surface area contributed by atoms with Gasteiger partial charge in [-0.3, -0.25) is 4.79 Å². The SMILES string of the molecule is C#CCn1ncc(Cl)c(NCC2CCCCS2)c1=O. The molecule has 6 heteroatoms. The largest absolute Gasteiger partial charge is 0.378 e. The number of anilines is 1. The smallest absolute Gasteiger partial charge is 0.292 e. The predicted octanol–water partition coefficient (Wildman–Crippen LogP) is 2.23. The van der Waals surface area contributed by atoms with Crippen LogP contribution < -0.4 is 10.9 Å². The van der Waals surface area contributed by atoms with Crippen LogP contribution in [0.3, 0.4) is 0 Å². The molecule has 4 nitrogen and oxygen atoms in total. The van der Waals surface area contributed by atoms with Gasteiger partial charge in [0.15, 0.2) is 0 Å². The summed E-state index contributed by atoms with van der Waals surface area (Å²) >= 11 is 7.97. The Bertz CT molecular complexity index is 532. The monoisotopic (exact) mass is 297 g/mol. The van der Waals surface area contributed by atoms with Gasteiger partial charge < -0.3 is 5.32 Å². The summed E-state index contributed by atoms with van der Waals surface area (Å²) in [5.41, 5.74) is 0.143. The maximum absolute atomic E-state index is 12.1. The van der Waals surface area contributed by atoms with Crippen molar-refractivity contribution in [3.63, 3.8) is 0 Å². The second kappa shape index (κ2) is 6.88. The Morgan fingerprint density at radius 2 is 2.47 bits per heavy atom. The molecule has 19 heavy (non-hydrogen) atoms. The molecular weight excluding hydrogens is 282 g/mol. The van der Waals surface area contributed by atoms with Crippen molar-refractivity contribution in [1.82, 2.24) is 9.78 Å². The fourth-order valence-electron chi connectivity index (χ4n) is 2.01. The Morgan fingerprint density at radius 1 is 1.63 bits per heavy atom. The summed E-state index contributed by atoms with van der Waals surface area (Å²) in [7, 11) is 0. The van der Waals surface area contributed by atoms with Crippen molar-refractivity contribution < 1.29 is 0 Å². The van der Waals surface area contributed by atoms with Gasteiger partial charge in [-0.25, -0.2) is 4.68 Å². The summed E-state index contributed by atoms with van der Waals surface area (Å²) in [6.07, 6.45) is 10.4. The average molecular weight is 298 g/mol. The Morgan fingerprint density at radius 3 is 3.16 bits per heavy atom. The van der Waals surface area contributed by atoms with Gasteiger partial charge in [0.25, 0.3) is 5.56 Å². The molecule has 1 aliphatic heterocycles. The second-order valence-electron chi connectivity index (χ2n) is 4.40. The van der Waals surface area contributed by atoms with Crippen molar-refractivity contribution in [3.8, 4) is 12.3 Å². The number of nitrogens with zero attached hydrogens (tertiary/aromatic N) is 2. The number of thioether (sulfide) groups is 1. The van der Waals surface area contributed by atoms with Gasteiger partial charge in [0.2, 0.25) is 0 Å². The van der Waals surface area contributed by atoms with E-state index in [4.69, 9.17) is 18.0 Å². The fourth-order valence-corrected chi connectivity index (χ4v) is 3.44. The van der Waals surface area contributed by atoms with Crippen molar-refractivity contribution in [2.45, 2.75) is 31.1 Å². The minimum atomic E-state index is -0.258. The lowest BCUT2D eigenvalue weighted by Gasteiger charge is -2.22. The minimum absolute atomic E-state index is 0.156. The number of nitrogens with one attached hydrogen (secondary N) is 1. The first-order chi connectivity index (χ1) is 9.22. The molecule has 1 atom stereocenters. The number of hydrogen-bond donors (Lipinski definition) is 1. The highest BCUT2D eigenvalue weighted by Crippen LogP contribution is 2.25. The highest BCUT2D eigenvalue weighted by atomic mass is 35.5. The standard InChI is InChI=1S/C13H16ClN3OS/c1-2-6-17-13(18)12(11(14)9-16-17)15-8-10-5-3-4-7-19-10/h1,9-10,15H,3-8H2. The lowest BCUT2D eigenvalue weighted by Crippen LogP contribution is -2.28. The summed E-state index contributed by atoms with van der Waals surface area (Å²) in [5.74, 6) is 3.59. The average Bonchev–Trinajstić information content (AvgIpc) is 2.43. The predicted molar refractivity (Wildman–Crippen MR) is 80.9 cm³/mol. The van der Waals surface area contributed by atoms with Crippen molar-refractivity contribution >= 4 is 29.1 Å². The van der Waals surface area contributed by atoms with Gasteiger partial charge in [-0.05, 0) is 18.6 Å². The van der Waals surface area contributed by atoms with Gasteiger partial charge in [0, 0.05) is 11.8 Å². The Hall–Kier alpha value is -1.12. The molecule has 102 valence electrons. The molecule has 0 bridgehead atoms. The zero-order chi connectivity index (χ0) is 13.7. The van der Waals surface area contributed by atoms with Crippen molar-refractivity contribution in [3.05, 3.63) is 21.6 Å². The zero-order valence-electron chi connectivity index (χ0n) is 10.6. The maximum Gasteiger partial charge on any atom is 0.292 e. The van der Waals surface area contributed by atoms with Gasteiger partial charge in [0.1, 0.15) is 12.2 Å². The summed E-state index contributed by atoms with van der Waals surface area (Å²) in [5, 5.41) is 7.95. The molecule has 1 fully saturated rings. The molecule has 2 heterocycles. The van der Waals surface area contributed by atoms with Gasteiger partial charge in [-0.2, -0.15) is 16.9 Å². The number of halogens is 1. The first kappa shape index (κ1) is 14.3. The van der Waals surface area contributed by atoms with Crippen LogP contribution in [0.25, 0.3) is 0 Å². The molecule has 0 amide bonds. The second-order valence-corrected chi connectivity index (χ2v) is 6.22. The van der Waals surface area contributed by atoms with E-state index in [1.807, 2.05) is 11.8 Å². The van der Waals surface area contributed by atoms with Crippen LogP contribution in [0.1, 0.15) is 19.3 Å². The Kier molecular flexibility index (Phi) is 5.17. The van der Waals surface area contributed by atoms with Crippen LogP contribution in [0.15, 0.2) is 11.0 Å². The van der Waals surface area contributed by atoms with E-state index in [0.717, 1.165) is 6.54 Å². The van der Waals surface area contributed by atoms with Gasteiger partial charge in [-0.15, -0.1) is 6.42 Å². The fraction of sp³-hybridized carbons (Fsp3) is 0.538. The topological polar surface area (TPSA) is 46.9 Å². The Balaban J connectivity index is 2.08. The van der Waals surface area contributed by atoms with E-state index in [0.29, 0.717) is 16.0 Å². The highest BCUT2D eigenvalue weighted by molar-refractivity contribution is 7.99. The summed E-state index contributed by atoms with van der Waals surface area (Å²) in [6.45, 7) is 0.905. The van der Waals surface area contributed by atoms with E-state index in [9.17, 15) is 4.79 Å². The van der Waals surface area contributed by atoms with Gasteiger partial charge in [0.05, 0.1) is 11.2 Å². The minimum Gasteiger partial charge on any atom is -0.378 e. The molecule has 1 aromatic heterocycles. The maximum atomic E-state index is 12.1. The van der Waals surface area contributed by atoms with Gasteiger partial charge in [-0.1, -0.05) is 23.9 Å². The van der Waals surface area contributed by atoms with Crippen LogP contribution in [0.4, 0.5) is 5.69 Å². The molecule has 0 radical (unpaired) electrons. The normalized spacial score (nSPS) is 18.8. The molecule has 1 aromatic rings. The highest BCUT2D eigenvalue weighted by Gasteiger charge is 2.16. The molecule has 0 aliphatic carbocycles. The van der Waals surface area contributed by atoms with Crippen molar-refractivity contribution in [2.75, 3.05) is 17.6 Å². The molecule has 2 rings (SSSR count). The number of terminal acetylenes is 1. The third kappa shape index (κ3) is 3.68. The lowest BCUT2D eigenvalue weighted by molar-refractivity contribution is 0.658. The molecule has 0 saturated carbocycles. The van der Waals surface area contributed by atoms with E-state index in [1.165, 1.54) is 35.9 Å². The molecular formula is C13H16ClN3OS. The van der Waals surface area contributed by atoms with Crippen molar-refractivity contribution in [2.24, 2.45) is 0 Å². The molecule has 1 unspecified atom stereocenters. The summed E-state index contributed by atoms with van der Waals surface area (Å²) < 4.78 is 1.24. The quantitative estimate of drug-likeness (QED) is 0.866. The van der Waals surface area contributed by atoms with Crippen molar-refractivity contribution in [1.29, 1.82) is 0 Å². The summed E-state index contributed by atoms with van der Waals surface area (Å²) in [4.78, 5) is 12.1. The Labute approximate surface area is 121 Å². The van der Waals surface area contributed by atoms with E-state index in [2.05, 4.69) is 16.3 Å². The van der Waals surface area contributed by atoms with E-state index in [1.54, 1.807) is 0 Å². The number of rotatable bonds is 4. The first-order valence-electron chi connectivity index (χ1n) is 6.27. The molecule has 0 aromatic carbocycles. The number of hydrogen-bond acceptors (Lipinski definition) is 4. The molecule has 0 spiro atoms. The molecule has 1 N–H and O–H groups in total. The number of aromatic nitrogens is 2. The lowest BCUT2D eigenvalue weighted by atomic mass is 10.2. The van der Waals surface area contributed by atoms with Crippen LogP contribution in [0.2, 0.25) is 5.02 Å². The van der Waals surface area contributed by atoms with Gasteiger partial charge >= 0.3 is 0 Å². The van der Waals surface area contributed by atoms with E-state index in [-0.39, 0.29) is 12.1 Å².